The van der Waals surface area contributed by atoms with E-state index in [1.165, 1.54) is 61.8 Å². The van der Waals surface area contributed by atoms with Crippen LogP contribution in [0.15, 0.2) is 35.3 Å². The molecule has 170 valence electrons. The third kappa shape index (κ3) is 4.71. The monoisotopic (exact) mass is 436 g/mol. The van der Waals surface area contributed by atoms with Crippen LogP contribution in [0, 0.1) is 13.8 Å². The molecule has 2 fully saturated rings. The molecule has 7 heteroatoms. The summed E-state index contributed by atoms with van der Waals surface area (Å²) in [5.41, 5.74) is 3.82. The summed E-state index contributed by atoms with van der Waals surface area (Å²) in [7, 11) is 0. The number of rotatable bonds is 4. The first kappa shape index (κ1) is 22.1. The van der Waals surface area contributed by atoms with Crippen LogP contribution in [-0.4, -0.2) is 57.3 Å². The number of hydrogen-bond acceptors (Lipinski definition) is 3. The van der Waals surface area contributed by atoms with Crippen molar-refractivity contribution in [2.75, 3.05) is 26.2 Å². The normalized spacial score (nSPS) is 17.8. The predicted octanol–water partition coefficient (Wildman–Crippen LogP) is 3.30. The van der Waals surface area contributed by atoms with E-state index in [9.17, 15) is 14.4 Å². The van der Waals surface area contributed by atoms with Gasteiger partial charge >= 0.3 is 0 Å². The van der Waals surface area contributed by atoms with Gasteiger partial charge in [0.2, 0.25) is 11.5 Å². The number of aryl methyl sites for hydroxylation is 1. The molecule has 0 aromatic carbocycles. The second-order valence-electron chi connectivity index (χ2n) is 8.88. The molecule has 1 saturated carbocycles. The Kier molecular flexibility index (Phi) is 6.63. The van der Waals surface area contributed by atoms with E-state index >= 15 is 0 Å². The first-order chi connectivity index (χ1) is 15.4. The third-order valence-corrected chi connectivity index (χ3v) is 6.78. The molecule has 3 heterocycles. The molecule has 32 heavy (non-hydrogen) atoms. The molecular weight excluding hydrogens is 404 g/mol. The third-order valence-electron chi connectivity index (χ3n) is 6.78. The number of aromatic nitrogens is 2. The summed E-state index contributed by atoms with van der Waals surface area (Å²) >= 11 is 0. The highest BCUT2D eigenvalue weighted by Crippen LogP contribution is 2.32. The second-order valence-corrected chi connectivity index (χ2v) is 8.88. The minimum Gasteiger partial charge on any atom is -0.346 e. The van der Waals surface area contributed by atoms with Gasteiger partial charge in [-0.25, -0.2) is 0 Å². The molecule has 7 nitrogen and oxygen atoms in total. The van der Waals surface area contributed by atoms with E-state index in [0.717, 1.165) is 5.56 Å². The van der Waals surface area contributed by atoms with Crippen molar-refractivity contribution < 1.29 is 9.59 Å². The van der Waals surface area contributed by atoms with Crippen molar-refractivity contribution in [1.29, 1.82) is 0 Å². The highest BCUT2D eigenvalue weighted by atomic mass is 16.2. The molecule has 0 spiro atoms. The van der Waals surface area contributed by atoms with E-state index in [-0.39, 0.29) is 17.4 Å². The summed E-state index contributed by atoms with van der Waals surface area (Å²) in [5, 5.41) is 0. The summed E-state index contributed by atoms with van der Waals surface area (Å²) in [5.74, 6) is -0.150. The Bertz CT molecular complexity index is 1050. The van der Waals surface area contributed by atoms with Crippen LogP contribution >= 0.6 is 0 Å². The second kappa shape index (κ2) is 9.59. The highest BCUT2D eigenvalue weighted by molar-refractivity contribution is 5.95. The van der Waals surface area contributed by atoms with Crippen molar-refractivity contribution in [2.24, 2.45) is 0 Å². The van der Waals surface area contributed by atoms with Crippen molar-refractivity contribution in [1.82, 2.24) is 19.4 Å². The van der Waals surface area contributed by atoms with Crippen molar-refractivity contribution in [2.45, 2.75) is 52.0 Å². The Labute approximate surface area is 188 Å². The maximum absolute atomic E-state index is 12.7. The summed E-state index contributed by atoms with van der Waals surface area (Å²) in [6.07, 6.45) is 11.4. The van der Waals surface area contributed by atoms with E-state index in [4.69, 9.17) is 0 Å². The number of pyridine rings is 1. The fourth-order valence-electron chi connectivity index (χ4n) is 5.00. The Balaban J connectivity index is 1.35. The van der Waals surface area contributed by atoms with Gasteiger partial charge in [-0.1, -0.05) is 19.3 Å². The van der Waals surface area contributed by atoms with Crippen LogP contribution in [0.4, 0.5) is 0 Å². The first-order valence-corrected chi connectivity index (χ1v) is 11.6. The van der Waals surface area contributed by atoms with Crippen molar-refractivity contribution in [3.63, 3.8) is 0 Å². The van der Waals surface area contributed by atoms with E-state index in [0.29, 0.717) is 37.8 Å². The standard InChI is InChI=1S/C25H32N4O3/c1-18-16-20(19(2)29(18)22-6-4-3-5-7-22)9-11-24(31)27-12-14-28(15-13-27)25(32)21-8-10-23(30)26-17-21/h8-11,16-17,22H,3-7,12-15H2,1-2H3,(H,26,30). The molecule has 2 amide bonds. The summed E-state index contributed by atoms with van der Waals surface area (Å²) in [4.78, 5) is 42.6. The minimum absolute atomic E-state index is 0.0244. The number of carbonyl (C=O) groups excluding carboxylic acids is 2. The van der Waals surface area contributed by atoms with Gasteiger partial charge in [0.05, 0.1) is 5.56 Å². The number of H-pyrrole nitrogens is 1. The summed E-state index contributed by atoms with van der Waals surface area (Å²) in [6, 6.07) is 5.64. The van der Waals surface area contributed by atoms with Gasteiger partial charge in [-0.05, 0) is 50.5 Å². The number of nitrogens with one attached hydrogen (secondary N) is 1. The zero-order valence-electron chi connectivity index (χ0n) is 19.0. The first-order valence-electron chi connectivity index (χ1n) is 11.6. The Morgan fingerprint density at radius 3 is 2.34 bits per heavy atom. The lowest BCUT2D eigenvalue weighted by atomic mass is 9.95. The van der Waals surface area contributed by atoms with Crippen molar-refractivity contribution in [3.8, 4) is 0 Å². The molecule has 2 aromatic heterocycles. The quantitative estimate of drug-likeness (QED) is 0.747. The molecule has 0 unspecified atom stereocenters. The van der Waals surface area contributed by atoms with Gasteiger partial charge in [0, 0.05) is 61.9 Å². The van der Waals surface area contributed by atoms with Gasteiger partial charge < -0.3 is 19.4 Å². The number of amides is 2. The summed E-state index contributed by atoms with van der Waals surface area (Å²) in [6.45, 7) is 6.26. The van der Waals surface area contributed by atoms with Gasteiger partial charge in [0.15, 0.2) is 0 Å². The van der Waals surface area contributed by atoms with Crippen LogP contribution in [0.2, 0.25) is 0 Å². The Morgan fingerprint density at radius 2 is 1.69 bits per heavy atom. The predicted molar refractivity (Wildman–Crippen MR) is 125 cm³/mol. The number of piperazine rings is 1. The molecule has 0 bridgehead atoms. The van der Waals surface area contributed by atoms with E-state index in [1.807, 2.05) is 6.08 Å². The molecule has 2 aromatic rings. The number of nitrogens with zero attached hydrogens (tertiary/aromatic N) is 3. The van der Waals surface area contributed by atoms with E-state index < -0.39 is 0 Å². The van der Waals surface area contributed by atoms with Gasteiger partial charge in [-0.2, -0.15) is 0 Å². The largest absolute Gasteiger partial charge is 0.346 e. The Hall–Kier alpha value is -3.09. The van der Waals surface area contributed by atoms with Gasteiger partial charge in [0.1, 0.15) is 0 Å². The van der Waals surface area contributed by atoms with Crippen molar-refractivity contribution in [3.05, 3.63) is 63.3 Å². The van der Waals surface area contributed by atoms with Crippen LogP contribution in [0.3, 0.4) is 0 Å². The molecule has 0 radical (unpaired) electrons. The maximum atomic E-state index is 12.7. The average molecular weight is 437 g/mol. The van der Waals surface area contributed by atoms with Crippen LogP contribution in [-0.2, 0) is 4.79 Å². The lowest BCUT2D eigenvalue weighted by molar-refractivity contribution is -0.127. The van der Waals surface area contributed by atoms with E-state index in [1.54, 1.807) is 15.9 Å². The fraction of sp³-hybridized carbons (Fsp3) is 0.480. The molecule has 1 N–H and O–H groups in total. The molecule has 1 aliphatic heterocycles. The minimum atomic E-state index is -0.233. The van der Waals surface area contributed by atoms with Gasteiger partial charge in [-0.3, -0.25) is 14.4 Å². The lowest BCUT2D eigenvalue weighted by Crippen LogP contribution is -2.50. The molecule has 0 atom stereocenters. The Morgan fingerprint density at radius 1 is 1.00 bits per heavy atom. The number of carbonyl (C=O) groups is 2. The molecule has 4 rings (SSSR count). The number of aromatic amines is 1. The molecule has 1 aliphatic carbocycles. The maximum Gasteiger partial charge on any atom is 0.255 e. The zero-order chi connectivity index (χ0) is 22.7. The van der Waals surface area contributed by atoms with Crippen LogP contribution in [0.1, 0.15) is 65.5 Å². The van der Waals surface area contributed by atoms with Crippen molar-refractivity contribution >= 4 is 17.9 Å². The molecule has 1 saturated heterocycles. The molecular formula is C25H32N4O3. The average Bonchev–Trinajstić information content (AvgIpc) is 3.11. The van der Waals surface area contributed by atoms with Crippen LogP contribution < -0.4 is 5.56 Å². The van der Waals surface area contributed by atoms with Crippen LogP contribution in [0.5, 0.6) is 0 Å². The SMILES string of the molecule is Cc1cc(C=CC(=O)N2CCN(C(=O)c3ccc(=O)[nH]c3)CC2)c(C)n1C1CCCCC1. The zero-order valence-corrected chi connectivity index (χ0v) is 19.0. The van der Waals surface area contributed by atoms with E-state index in [2.05, 4.69) is 29.5 Å². The fourth-order valence-corrected chi connectivity index (χ4v) is 5.00. The topological polar surface area (TPSA) is 78.4 Å². The summed E-state index contributed by atoms with van der Waals surface area (Å²) < 4.78 is 2.45. The van der Waals surface area contributed by atoms with Gasteiger partial charge in [0.25, 0.3) is 5.91 Å². The number of hydrogen-bond donors (Lipinski definition) is 1. The van der Waals surface area contributed by atoms with Crippen LogP contribution in [0.25, 0.3) is 6.08 Å². The van der Waals surface area contributed by atoms with Gasteiger partial charge in [-0.15, -0.1) is 0 Å². The smallest absolute Gasteiger partial charge is 0.255 e. The highest BCUT2D eigenvalue weighted by Gasteiger charge is 2.24. The lowest BCUT2D eigenvalue weighted by Gasteiger charge is -2.34. The molecule has 2 aliphatic rings.